The van der Waals surface area contributed by atoms with Gasteiger partial charge in [-0.05, 0) is 49.4 Å². The van der Waals surface area contributed by atoms with E-state index in [2.05, 4.69) is 63.6 Å². The third-order valence-electron chi connectivity index (χ3n) is 4.22. The van der Waals surface area contributed by atoms with Crippen molar-refractivity contribution in [2.24, 2.45) is 5.92 Å². The van der Waals surface area contributed by atoms with E-state index in [1.54, 1.807) is 6.33 Å². The molecule has 5 heteroatoms. The molecule has 2 aromatic rings. The van der Waals surface area contributed by atoms with Crippen molar-refractivity contribution in [3.63, 3.8) is 0 Å². The largest absolute Gasteiger partial charge is 0.372 e. The Morgan fingerprint density at radius 1 is 1.00 bits per heavy atom. The Hall–Kier alpha value is -2.30. The van der Waals surface area contributed by atoms with Gasteiger partial charge in [0, 0.05) is 37.1 Å². The van der Waals surface area contributed by atoms with Gasteiger partial charge in [-0.3, -0.25) is 0 Å². The molecule has 0 saturated carbocycles. The van der Waals surface area contributed by atoms with E-state index in [-0.39, 0.29) is 0 Å². The third-order valence-corrected chi connectivity index (χ3v) is 4.22. The fourth-order valence-electron chi connectivity index (χ4n) is 2.89. The quantitative estimate of drug-likeness (QED) is 0.830. The number of rotatable bonds is 6. The van der Waals surface area contributed by atoms with Crippen molar-refractivity contribution in [1.82, 2.24) is 9.97 Å². The van der Waals surface area contributed by atoms with Crippen molar-refractivity contribution in [2.45, 2.75) is 33.1 Å². The number of benzene rings is 1. The molecule has 0 spiro atoms. The summed E-state index contributed by atoms with van der Waals surface area (Å²) in [6.45, 7) is 7.60. The van der Waals surface area contributed by atoms with Crippen molar-refractivity contribution in [1.29, 1.82) is 0 Å². The lowest BCUT2D eigenvalue weighted by Crippen LogP contribution is -2.29. The van der Waals surface area contributed by atoms with Crippen LogP contribution in [0.3, 0.4) is 0 Å². The summed E-state index contributed by atoms with van der Waals surface area (Å²) in [7, 11) is 0. The number of hydrogen-bond donors (Lipinski definition) is 2. The zero-order valence-electron chi connectivity index (χ0n) is 14.6. The lowest BCUT2D eigenvalue weighted by molar-refractivity contribution is 0.578. The van der Waals surface area contributed by atoms with Gasteiger partial charge in [0.25, 0.3) is 0 Å². The monoisotopic (exact) mass is 325 g/mol. The van der Waals surface area contributed by atoms with Crippen LogP contribution in [0.1, 0.15) is 33.1 Å². The zero-order valence-corrected chi connectivity index (χ0v) is 14.6. The molecule has 2 N–H and O–H groups in total. The second-order valence-corrected chi connectivity index (χ2v) is 6.78. The summed E-state index contributed by atoms with van der Waals surface area (Å²) in [5.74, 6) is 2.24. The van der Waals surface area contributed by atoms with Gasteiger partial charge >= 0.3 is 0 Å². The van der Waals surface area contributed by atoms with Crippen LogP contribution in [0, 0.1) is 5.92 Å². The molecule has 0 amide bonds. The van der Waals surface area contributed by atoms with Crippen LogP contribution in [-0.4, -0.2) is 29.6 Å². The maximum absolute atomic E-state index is 4.30. The molecule has 1 aliphatic heterocycles. The van der Waals surface area contributed by atoms with E-state index in [0.29, 0.717) is 5.92 Å². The number of hydrogen-bond acceptors (Lipinski definition) is 5. The second-order valence-electron chi connectivity index (χ2n) is 6.78. The average Bonchev–Trinajstić information content (AvgIpc) is 2.62. The topological polar surface area (TPSA) is 53.1 Å². The van der Waals surface area contributed by atoms with Crippen molar-refractivity contribution in [2.75, 3.05) is 35.2 Å². The molecule has 0 unspecified atom stereocenters. The summed E-state index contributed by atoms with van der Waals surface area (Å²) in [4.78, 5) is 11.0. The van der Waals surface area contributed by atoms with Crippen molar-refractivity contribution in [3.05, 3.63) is 36.7 Å². The first-order valence-electron chi connectivity index (χ1n) is 8.88. The molecule has 5 nitrogen and oxygen atoms in total. The van der Waals surface area contributed by atoms with Crippen molar-refractivity contribution < 1.29 is 0 Å². The Balaban J connectivity index is 1.62. The highest BCUT2D eigenvalue weighted by molar-refractivity contribution is 5.62. The fourth-order valence-corrected chi connectivity index (χ4v) is 2.89. The predicted octanol–water partition coefficient (Wildman–Crippen LogP) is 4.28. The van der Waals surface area contributed by atoms with Gasteiger partial charge in [-0.25, -0.2) is 9.97 Å². The van der Waals surface area contributed by atoms with Crippen LogP contribution in [-0.2, 0) is 0 Å². The van der Waals surface area contributed by atoms with E-state index >= 15 is 0 Å². The molecule has 2 heterocycles. The highest BCUT2D eigenvalue weighted by Crippen LogP contribution is 2.23. The predicted molar refractivity (Wildman–Crippen MR) is 101 cm³/mol. The summed E-state index contributed by atoms with van der Waals surface area (Å²) in [5.41, 5.74) is 2.35. The molecular weight excluding hydrogens is 298 g/mol. The van der Waals surface area contributed by atoms with E-state index < -0.39 is 0 Å². The van der Waals surface area contributed by atoms with Crippen LogP contribution in [0.4, 0.5) is 23.0 Å². The van der Waals surface area contributed by atoms with E-state index in [0.717, 1.165) is 23.9 Å². The molecule has 1 saturated heterocycles. The Kier molecular flexibility index (Phi) is 5.51. The summed E-state index contributed by atoms with van der Waals surface area (Å²) in [5, 5.41) is 6.68. The van der Waals surface area contributed by atoms with Crippen LogP contribution < -0.4 is 15.5 Å². The lowest BCUT2D eigenvalue weighted by atomic mass is 10.1. The maximum Gasteiger partial charge on any atom is 0.135 e. The highest BCUT2D eigenvalue weighted by Gasteiger charge is 2.10. The third kappa shape index (κ3) is 4.60. The smallest absolute Gasteiger partial charge is 0.135 e. The Labute approximate surface area is 144 Å². The van der Waals surface area contributed by atoms with Gasteiger partial charge in [0.1, 0.15) is 18.0 Å². The van der Waals surface area contributed by atoms with Crippen LogP contribution in [0.2, 0.25) is 0 Å². The summed E-state index contributed by atoms with van der Waals surface area (Å²) < 4.78 is 0. The van der Waals surface area contributed by atoms with Crippen molar-refractivity contribution >= 4 is 23.0 Å². The molecule has 3 rings (SSSR count). The number of nitrogens with one attached hydrogen (secondary N) is 2. The number of piperidine rings is 1. The van der Waals surface area contributed by atoms with Gasteiger partial charge in [-0.1, -0.05) is 13.8 Å². The molecule has 1 fully saturated rings. The van der Waals surface area contributed by atoms with E-state index in [4.69, 9.17) is 0 Å². The van der Waals surface area contributed by atoms with Crippen LogP contribution in [0.5, 0.6) is 0 Å². The summed E-state index contributed by atoms with van der Waals surface area (Å²) >= 11 is 0. The van der Waals surface area contributed by atoms with Gasteiger partial charge in [-0.15, -0.1) is 0 Å². The highest BCUT2D eigenvalue weighted by atomic mass is 15.1. The summed E-state index contributed by atoms with van der Waals surface area (Å²) in [6.07, 6.45) is 5.55. The fraction of sp³-hybridized carbons (Fsp3) is 0.474. The molecule has 128 valence electrons. The first-order valence-corrected chi connectivity index (χ1v) is 8.88. The molecule has 24 heavy (non-hydrogen) atoms. The molecule has 1 aromatic carbocycles. The molecule has 0 aliphatic carbocycles. The Morgan fingerprint density at radius 2 is 1.71 bits per heavy atom. The minimum absolute atomic E-state index is 0.582. The SMILES string of the molecule is CC(C)CNc1cc(Nc2ccc(N3CCCCC3)cc2)ncn1. The van der Waals surface area contributed by atoms with E-state index in [9.17, 15) is 0 Å². The van der Waals surface area contributed by atoms with Crippen molar-refractivity contribution in [3.8, 4) is 0 Å². The number of anilines is 4. The minimum Gasteiger partial charge on any atom is -0.372 e. The standard InChI is InChI=1S/C19H27N5/c1-15(2)13-20-18-12-19(22-14-21-18)23-16-6-8-17(9-7-16)24-10-4-3-5-11-24/h6-9,12,14-15H,3-5,10-11,13H2,1-2H3,(H2,20,21,22,23). The van der Waals surface area contributed by atoms with Gasteiger partial charge in [0.2, 0.25) is 0 Å². The normalized spacial score (nSPS) is 14.7. The first kappa shape index (κ1) is 16.6. The second kappa shape index (κ2) is 7.99. The molecule has 1 aromatic heterocycles. The molecule has 1 aliphatic rings. The lowest BCUT2D eigenvalue weighted by Gasteiger charge is -2.28. The van der Waals surface area contributed by atoms with Gasteiger partial charge in [0.15, 0.2) is 0 Å². The van der Waals surface area contributed by atoms with E-state index in [1.807, 2.05) is 6.07 Å². The van der Waals surface area contributed by atoms with Crippen LogP contribution in [0.25, 0.3) is 0 Å². The van der Waals surface area contributed by atoms with Gasteiger partial charge < -0.3 is 15.5 Å². The van der Waals surface area contributed by atoms with Crippen LogP contribution in [0.15, 0.2) is 36.7 Å². The van der Waals surface area contributed by atoms with E-state index in [1.165, 1.54) is 38.0 Å². The maximum atomic E-state index is 4.30. The number of nitrogens with zero attached hydrogens (tertiary/aromatic N) is 3. The molecule has 0 atom stereocenters. The van der Waals surface area contributed by atoms with Gasteiger partial charge in [-0.2, -0.15) is 0 Å². The minimum atomic E-state index is 0.582. The average molecular weight is 325 g/mol. The number of aromatic nitrogens is 2. The molecular formula is C19H27N5. The molecule has 0 bridgehead atoms. The Morgan fingerprint density at radius 3 is 2.42 bits per heavy atom. The van der Waals surface area contributed by atoms with Gasteiger partial charge in [0.05, 0.1) is 0 Å². The zero-order chi connectivity index (χ0) is 16.8. The van der Waals surface area contributed by atoms with Crippen LogP contribution >= 0.6 is 0 Å². The first-order chi connectivity index (χ1) is 11.7. The summed E-state index contributed by atoms with van der Waals surface area (Å²) in [6, 6.07) is 10.6. The Bertz CT molecular complexity index is 632. The molecule has 0 radical (unpaired) electrons.